The van der Waals surface area contributed by atoms with Crippen molar-refractivity contribution in [1.82, 2.24) is 4.90 Å². The molecule has 3 heteroatoms. The lowest BCUT2D eigenvalue weighted by Gasteiger charge is -2.31. The standard InChI is InChI=1S/C13H21FN2/c1-13(2,15)9-12(16(3)4)10-6-5-7-11(14)8-10/h5-8,12H,9,15H2,1-4H3. The number of hydrogen-bond donors (Lipinski definition) is 1. The van der Waals surface area contributed by atoms with Crippen LogP contribution in [-0.2, 0) is 0 Å². The smallest absolute Gasteiger partial charge is 0.123 e. The number of nitrogens with two attached hydrogens (primary N) is 1. The summed E-state index contributed by atoms with van der Waals surface area (Å²) in [6, 6.07) is 6.88. The van der Waals surface area contributed by atoms with Gasteiger partial charge in [0.1, 0.15) is 5.82 Å². The van der Waals surface area contributed by atoms with Crippen LogP contribution in [0.2, 0.25) is 0 Å². The van der Waals surface area contributed by atoms with Crippen LogP contribution in [0, 0.1) is 5.82 Å². The van der Waals surface area contributed by atoms with Gasteiger partial charge in [-0.3, -0.25) is 0 Å². The molecule has 0 aliphatic rings. The summed E-state index contributed by atoms with van der Waals surface area (Å²) in [6.07, 6.45) is 0.795. The van der Waals surface area contributed by atoms with Gasteiger partial charge >= 0.3 is 0 Å². The molecule has 1 aromatic rings. The van der Waals surface area contributed by atoms with Crippen LogP contribution >= 0.6 is 0 Å². The van der Waals surface area contributed by atoms with Crippen molar-refractivity contribution in [1.29, 1.82) is 0 Å². The first-order valence-corrected chi connectivity index (χ1v) is 5.50. The Bertz CT molecular complexity index is 342. The van der Waals surface area contributed by atoms with Crippen molar-refractivity contribution < 1.29 is 4.39 Å². The lowest BCUT2D eigenvalue weighted by molar-refractivity contribution is 0.242. The van der Waals surface area contributed by atoms with Crippen molar-refractivity contribution in [3.8, 4) is 0 Å². The SMILES string of the molecule is CN(C)C(CC(C)(C)N)c1cccc(F)c1. The summed E-state index contributed by atoms with van der Waals surface area (Å²) in [7, 11) is 3.97. The molecule has 1 atom stereocenters. The second-order valence-electron chi connectivity index (χ2n) is 5.23. The van der Waals surface area contributed by atoms with E-state index in [-0.39, 0.29) is 17.4 Å². The van der Waals surface area contributed by atoms with Gasteiger partial charge in [-0.25, -0.2) is 4.39 Å². The molecule has 0 saturated carbocycles. The lowest BCUT2D eigenvalue weighted by Crippen LogP contribution is -2.37. The van der Waals surface area contributed by atoms with Crippen LogP contribution in [0.4, 0.5) is 4.39 Å². The Morgan fingerprint density at radius 3 is 2.44 bits per heavy atom. The van der Waals surface area contributed by atoms with E-state index < -0.39 is 0 Å². The van der Waals surface area contributed by atoms with Gasteiger partial charge in [-0.15, -0.1) is 0 Å². The summed E-state index contributed by atoms with van der Waals surface area (Å²) in [5, 5.41) is 0. The summed E-state index contributed by atoms with van der Waals surface area (Å²) in [4.78, 5) is 2.07. The molecule has 2 nitrogen and oxygen atoms in total. The third kappa shape index (κ3) is 3.91. The minimum atomic E-state index is -0.263. The molecule has 2 N–H and O–H groups in total. The van der Waals surface area contributed by atoms with Gasteiger partial charge in [0.15, 0.2) is 0 Å². The summed E-state index contributed by atoms with van der Waals surface area (Å²) in [5.74, 6) is -0.195. The fourth-order valence-corrected chi connectivity index (χ4v) is 1.81. The zero-order chi connectivity index (χ0) is 12.3. The van der Waals surface area contributed by atoms with Gasteiger partial charge in [-0.2, -0.15) is 0 Å². The van der Waals surface area contributed by atoms with E-state index in [4.69, 9.17) is 5.73 Å². The van der Waals surface area contributed by atoms with Gasteiger partial charge in [0.25, 0.3) is 0 Å². The van der Waals surface area contributed by atoms with Crippen molar-refractivity contribution in [2.75, 3.05) is 14.1 Å². The number of halogens is 1. The molecule has 0 fully saturated rings. The Balaban J connectivity index is 2.94. The maximum absolute atomic E-state index is 13.2. The van der Waals surface area contributed by atoms with E-state index in [9.17, 15) is 4.39 Å². The van der Waals surface area contributed by atoms with E-state index in [2.05, 4.69) is 4.90 Å². The molecule has 0 radical (unpaired) electrons. The predicted octanol–water partition coefficient (Wildman–Crippen LogP) is 2.56. The number of benzene rings is 1. The molecule has 0 saturated heterocycles. The van der Waals surface area contributed by atoms with Crippen LogP contribution in [0.3, 0.4) is 0 Å². The molecule has 90 valence electrons. The van der Waals surface area contributed by atoms with E-state index in [1.54, 1.807) is 12.1 Å². The lowest BCUT2D eigenvalue weighted by atomic mass is 9.91. The highest BCUT2D eigenvalue weighted by Crippen LogP contribution is 2.26. The first-order chi connectivity index (χ1) is 7.29. The van der Waals surface area contributed by atoms with Crippen molar-refractivity contribution in [3.63, 3.8) is 0 Å². The van der Waals surface area contributed by atoms with Gasteiger partial charge in [-0.05, 0) is 52.1 Å². The van der Waals surface area contributed by atoms with Crippen LogP contribution in [0.1, 0.15) is 31.9 Å². The second-order valence-corrected chi connectivity index (χ2v) is 5.23. The number of nitrogens with zero attached hydrogens (tertiary/aromatic N) is 1. The van der Waals surface area contributed by atoms with Gasteiger partial charge in [0.2, 0.25) is 0 Å². The van der Waals surface area contributed by atoms with Crippen LogP contribution < -0.4 is 5.73 Å². The molecule has 0 bridgehead atoms. The van der Waals surface area contributed by atoms with E-state index in [0.717, 1.165) is 12.0 Å². The monoisotopic (exact) mass is 224 g/mol. The quantitative estimate of drug-likeness (QED) is 0.851. The average Bonchev–Trinajstić information content (AvgIpc) is 2.12. The highest BCUT2D eigenvalue weighted by atomic mass is 19.1. The minimum Gasteiger partial charge on any atom is -0.325 e. The maximum atomic E-state index is 13.2. The molecule has 0 spiro atoms. The Labute approximate surface area is 97.3 Å². The van der Waals surface area contributed by atoms with E-state index in [1.807, 2.05) is 34.0 Å². The maximum Gasteiger partial charge on any atom is 0.123 e. The van der Waals surface area contributed by atoms with Crippen LogP contribution in [0.5, 0.6) is 0 Å². The first-order valence-electron chi connectivity index (χ1n) is 5.50. The van der Waals surface area contributed by atoms with Crippen molar-refractivity contribution >= 4 is 0 Å². The normalized spacial score (nSPS) is 14.2. The van der Waals surface area contributed by atoms with Crippen molar-refractivity contribution in [2.24, 2.45) is 5.73 Å². The third-order valence-electron chi connectivity index (χ3n) is 2.58. The first kappa shape index (κ1) is 13.1. The zero-order valence-electron chi connectivity index (χ0n) is 10.5. The zero-order valence-corrected chi connectivity index (χ0v) is 10.5. The molecule has 0 aliphatic carbocycles. The van der Waals surface area contributed by atoms with Gasteiger partial charge in [-0.1, -0.05) is 12.1 Å². The molecule has 1 rings (SSSR count). The second kappa shape index (κ2) is 4.93. The summed E-state index contributed by atoms with van der Waals surface area (Å²) < 4.78 is 13.2. The topological polar surface area (TPSA) is 29.3 Å². The van der Waals surface area contributed by atoms with Crippen molar-refractivity contribution in [3.05, 3.63) is 35.6 Å². The highest BCUT2D eigenvalue weighted by Gasteiger charge is 2.22. The largest absolute Gasteiger partial charge is 0.325 e. The molecule has 0 aromatic heterocycles. The van der Waals surface area contributed by atoms with E-state index in [0.29, 0.717) is 0 Å². The third-order valence-corrected chi connectivity index (χ3v) is 2.58. The number of hydrogen-bond acceptors (Lipinski definition) is 2. The average molecular weight is 224 g/mol. The Kier molecular flexibility index (Phi) is 4.05. The highest BCUT2D eigenvalue weighted by molar-refractivity contribution is 5.20. The minimum absolute atomic E-state index is 0.149. The van der Waals surface area contributed by atoms with Crippen LogP contribution in [-0.4, -0.2) is 24.5 Å². The predicted molar refractivity (Wildman–Crippen MR) is 65.7 cm³/mol. The Hall–Kier alpha value is -0.930. The molecular weight excluding hydrogens is 203 g/mol. The van der Waals surface area contributed by atoms with Gasteiger partial charge in [0.05, 0.1) is 0 Å². The Morgan fingerprint density at radius 1 is 1.38 bits per heavy atom. The molecule has 1 unspecified atom stereocenters. The fourth-order valence-electron chi connectivity index (χ4n) is 1.81. The van der Waals surface area contributed by atoms with E-state index in [1.165, 1.54) is 6.07 Å². The molecule has 1 aromatic carbocycles. The molecule has 16 heavy (non-hydrogen) atoms. The molecule has 0 amide bonds. The van der Waals surface area contributed by atoms with Crippen molar-refractivity contribution in [2.45, 2.75) is 31.8 Å². The summed E-state index contributed by atoms with van der Waals surface area (Å²) >= 11 is 0. The Morgan fingerprint density at radius 2 is 2.00 bits per heavy atom. The summed E-state index contributed by atoms with van der Waals surface area (Å²) in [5.41, 5.74) is 6.74. The molecule has 0 heterocycles. The fraction of sp³-hybridized carbons (Fsp3) is 0.538. The van der Waals surface area contributed by atoms with Gasteiger partial charge < -0.3 is 10.6 Å². The molecular formula is C13H21FN2. The van der Waals surface area contributed by atoms with Gasteiger partial charge in [0, 0.05) is 11.6 Å². The van der Waals surface area contributed by atoms with Crippen LogP contribution in [0.15, 0.2) is 24.3 Å². The van der Waals surface area contributed by atoms with Crippen LogP contribution in [0.25, 0.3) is 0 Å². The summed E-state index contributed by atoms with van der Waals surface area (Å²) in [6.45, 7) is 3.98. The molecule has 0 aliphatic heterocycles. The number of rotatable bonds is 4. The van der Waals surface area contributed by atoms with E-state index >= 15 is 0 Å².